The Balaban J connectivity index is 1.94. The Hall–Kier alpha value is -2.00. The van der Waals surface area contributed by atoms with E-state index in [-0.39, 0.29) is 0 Å². The number of ether oxygens (including phenoxy) is 2. The lowest BCUT2D eigenvalue weighted by atomic mass is 9.99. The van der Waals surface area contributed by atoms with Gasteiger partial charge in [0, 0.05) is 12.6 Å². The molecular weight excluding hydrogens is 262 g/mol. The smallest absolute Gasteiger partial charge is 0.119 e. The summed E-state index contributed by atoms with van der Waals surface area (Å²) in [5.74, 6) is 1.78. The van der Waals surface area contributed by atoms with Crippen molar-refractivity contribution in [3.63, 3.8) is 0 Å². The van der Waals surface area contributed by atoms with Gasteiger partial charge < -0.3 is 14.8 Å². The number of rotatable bonds is 6. The summed E-state index contributed by atoms with van der Waals surface area (Å²) in [5.41, 5.74) is 3.65. The van der Waals surface area contributed by atoms with Crippen molar-refractivity contribution in [1.29, 1.82) is 0 Å². The number of benzene rings is 2. The normalized spacial score (nSPS) is 14.0. The van der Waals surface area contributed by atoms with Crippen LogP contribution < -0.4 is 14.8 Å². The van der Waals surface area contributed by atoms with Crippen molar-refractivity contribution < 1.29 is 9.47 Å². The highest BCUT2D eigenvalue weighted by Crippen LogP contribution is 2.30. The van der Waals surface area contributed by atoms with E-state index >= 15 is 0 Å². The zero-order valence-corrected chi connectivity index (χ0v) is 12.6. The van der Waals surface area contributed by atoms with Crippen molar-refractivity contribution in [2.75, 3.05) is 14.2 Å². The van der Waals surface area contributed by atoms with E-state index in [1.165, 1.54) is 29.5 Å². The predicted molar refractivity (Wildman–Crippen MR) is 84.8 cm³/mol. The largest absolute Gasteiger partial charge is 0.497 e. The summed E-state index contributed by atoms with van der Waals surface area (Å²) in [7, 11) is 3.40. The Morgan fingerprint density at radius 2 is 1.76 bits per heavy atom. The molecule has 0 bridgehead atoms. The molecule has 0 spiro atoms. The van der Waals surface area contributed by atoms with Crippen LogP contribution in [0.15, 0.2) is 42.5 Å². The van der Waals surface area contributed by atoms with Crippen molar-refractivity contribution in [1.82, 2.24) is 5.32 Å². The molecule has 0 amide bonds. The lowest BCUT2D eigenvalue weighted by Gasteiger charge is -2.13. The van der Waals surface area contributed by atoms with Gasteiger partial charge in [-0.2, -0.15) is 0 Å². The van der Waals surface area contributed by atoms with Crippen LogP contribution in [-0.4, -0.2) is 20.3 Å². The van der Waals surface area contributed by atoms with Crippen molar-refractivity contribution in [3.05, 3.63) is 48.0 Å². The molecule has 1 aliphatic carbocycles. The molecule has 110 valence electrons. The molecule has 0 saturated heterocycles. The Morgan fingerprint density at radius 3 is 2.48 bits per heavy atom. The maximum atomic E-state index is 5.36. The van der Waals surface area contributed by atoms with Gasteiger partial charge in [-0.3, -0.25) is 0 Å². The van der Waals surface area contributed by atoms with Crippen LogP contribution in [0.4, 0.5) is 0 Å². The van der Waals surface area contributed by atoms with E-state index in [9.17, 15) is 0 Å². The first-order valence-electron chi connectivity index (χ1n) is 7.35. The average molecular weight is 283 g/mol. The molecule has 2 aromatic carbocycles. The summed E-state index contributed by atoms with van der Waals surface area (Å²) >= 11 is 0. The summed E-state index contributed by atoms with van der Waals surface area (Å²) in [5, 5.41) is 3.58. The maximum Gasteiger partial charge on any atom is 0.119 e. The van der Waals surface area contributed by atoms with E-state index in [2.05, 4.69) is 29.6 Å². The van der Waals surface area contributed by atoms with Gasteiger partial charge in [0.2, 0.25) is 0 Å². The van der Waals surface area contributed by atoms with Crippen LogP contribution in [0, 0.1) is 0 Å². The molecule has 0 unspecified atom stereocenters. The predicted octanol–water partition coefficient (Wildman–Crippen LogP) is 3.62. The van der Waals surface area contributed by atoms with Crippen molar-refractivity contribution >= 4 is 0 Å². The summed E-state index contributed by atoms with van der Waals surface area (Å²) in [6.07, 6.45) is 2.58. The van der Waals surface area contributed by atoms with E-state index in [1.54, 1.807) is 14.2 Å². The molecule has 1 fully saturated rings. The quantitative estimate of drug-likeness (QED) is 0.878. The molecule has 2 aromatic rings. The fourth-order valence-corrected chi connectivity index (χ4v) is 2.46. The van der Waals surface area contributed by atoms with E-state index in [4.69, 9.17) is 9.47 Å². The number of hydrogen-bond acceptors (Lipinski definition) is 3. The molecule has 0 atom stereocenters. The molecule has 21 heavy (non-hydrogen) atoms. The maximum absolute atomic E-state index is 5.36. The molecular formula is C18H21NO2. The van der Waals surface area contributed by atoms with Gasteiger partial charge in [0.1, 0.15) is 11.5 Å². The number of hydrogen-bond donors (Lipinski definition) is 1. The lowest BCUT2D eigenvalue weighted by molar-refractivity contribution is 0.414. The molecule has 1 N–H and O–H groups in total. The van der Waals surface area contributed by atoms with Gasteiger partial charge in [-0.25, -0.2) is 0 Å². The molecule has 0 radical (unpaired) electrons. The van der Waals surface area contributed by atoms with Gasteiger partial charge in [-0.05, 0) is 53.8 Å². The fourth-order valence-electron chi connectivity index (χ4n) is 2.46. The van der Waals surface area contributed by atoms with Gasteiger partial charge in [-0.15, -0.1) is 0 Å². The molecule has 1 aliphatic rings. The van der Waals surface area contributed by atoms with E-state index in [0.29, 0.717) is 6.04 Å². The third-order valence-electron chi connectivity index (χ3n) is 3.85. The minimum Gasteiger partial charge on any atom is -0.497 e. The van der Waals surface area contributed by atoms with Crippen molar-refractivity contribution in [3.8, 4) is 22.6 Å². The summed E-state index contributed by atoms with van der Waals surface area (Å²) < 4.78 is 10.7. The third kappa shape index (κ3) is 3.37. The molecule has 0 aliphatic heterocycles. The van der Waals surface area contributed by atoms with Gasteiger partial charge in [-0.1, -0.05) is 18.2 Å². The molecule has 1 saturated carbocycles. The number of nitrogens with one attached hydrogen (secondary N) is 1. The van der Waals surface area contributed by atoms with Crippen LogP contribution in [0.5, 0.6) is 11.5 Å². The molecule has 0 heterocycles. The van der Waals surface area contributed by atoms with Crippen molar-refractivity contribution in [2.24, 2.45) is 0 Å². The van der Waals surface area contributed by atoms with Crippen molar-refractivity contribution in [2.45, 2.75) is 25.4 Å². The SMILES string of the molecule is COc1cccc(-c2ccc(OC)cc2CNC2CC2)c1. The van der Waals surface area contributed by atoms with Gasteiger partial charge >= 0.3 is 0 Å². The lowest BCUT2D eigenvalue weighted by Crippen LogP contribution is -2.16. The average Bonchev–Trinajstić information content (AvgIpc) is 3.37. The van der Waals surface area contributed by atoms with Gasteiger partial charge in [0.15, 0.2) is 0 Å². The Labute approximate surface area is 125 Å². The van der Waals surface area contributed by atoms with E-state index in [1.807, 2.05) is 18.2 Å². The van der Waals surface area contributed by atoms with Crippen LogP contribution >= 0.6 is 0 Å². The topological polar surface area (TPSA) is 30.5 Å². The van der Waals surface area contributed by atoms with Gasteiger partial charge in [0.05, 0.1) is 14.2 Å². The fraction of sp³-hybridized carbons (Fsp3) is 0.333. The van der Waals surface area contributed by atoms with E-state index in [0.717, 1.165) is 18.0 Å². The van der Waals surface area contributed by atoms with Gasteiger partial charge in [0.25, 0.3) is 0 Å². The van der Waals surface area contributed by atoms with Crippen LogP contribution in [-0.2, 0) is 6.54 Å². The first-order valence-corrected chi connectivity index (χ1v) is 7.35. The molecule has 3 nitrogen and oxygen atoms in total. The van der Waals surface area contributed by atoms with Crippen LogP contribution in [0.3, 0.4) is 0 Å². The summed E-state index contributed by atoms with van der Waals surface area (Å²) in [6.45, 7) is 0.869. The third-order valence-corrected chi connectivity index (χ3v) is 3.85. The monoisotopic (exact) mass is 283 g/mol. The first kappa shape index (κ1) is 14.0. The highest BCUT2D eigenvalue weighted by Gasteiger charge is 2.20. The van der Waals surface area contributed by atoms with Crippen LogP contribution in [0.25, 0.3) is 11.1 Å². The second-order valence-electron chi connectivity index (χ2n) is 5.41. The van der Waals surface area contributed by atoms with Crippen LogP contribution in [0.2, 0.25) is 0 Å². The second kappa shape index (κ2) is 6.19. The first-order chi connectivity index (χ1) is 10.3. The zero-order chi connectivity index (χ0) is 14.7. The molecule has 3 heteroatoms. The summed E-state index contributed by atoms with van der Waals surface area (Å²) in [4.78, 5) is 0. The minimum absolute atomic E-state index is 0.689. The van der Waals surface area contributed by atoms with E-state index < -0.39 is 0 Å². The molecule has 0 aromatic heterocycles. The Bertz CT molecular complexity index is 620. The molecule has 3 rings (SSSR count). The Kier molecular flexibility index (Phi) is 4.11. The highest BCUT2D eigenvalue weighted by molar-refractivity contribution is 5.69. The second-order valence-corrected chi connectivity index (χ2v) is 5.41. The zero-order valence-electron chi connectivity index (χ0n) is 12.6. The number of methoxy groups -OCH3 is 2. The standard InChI is InChI=1S/C18H21NO2/c1-20-16-5-3-4-13(10-16)18-9-8-17(21-2)11-14(18)12-19-15-6-7-15/h3-5,8-11,15,19H,6-7,12H2,1-2H3. The minimum atomic E-state index is 0.689. The Morgan fingerprint density at radius 1 is 1.00 bits per heavy atom. The highest BCUT2D eigenvalue weighted by atomic mass is 16.5. The summed E-state index contributed by atoms with van der Waals surface area (Å²) in [6, 6.07) is 15.1. The van der Waals surface area contributed by atoms with Crippen LogP contribution in [0.1, 0.15) is 18.4 Å².